The van der Waals surface area contributed by atoms with Gasteiger partial charge in [-0.05, 0) is 19.1 Å². The van der Waals surface area contributed by atoms with E-state index in [2.05, 4.69) is 10.1 Å². The molecule has 20 heavy (non-hydrogen) atoms. The lowest BCUT2D eigenvalue weighted by atomic mass is 10.2. The van der Waals surface area contributed by atoms with Crippen LogP contribution in [-0.4, -0.2) is 10.7 Å². The van der Waals surface area contributed by atoms with Gasteiger partial charge in [0.15, 0.2) is 23.3 Å². The van der Waals surface area contributed by atoms with Crippen molar-refractivity contribution in [2.75, 3.05) is 5.43 Å². The van der Waals surface area contributed by atoms with E-state index >= 15 is 0 Å². The number of rotatable bonds is 3. The van der Waals surface area contributed by atoms with Crippen LogP contribution in [0.15, 0.2) is 35.7 Å². The van der Waals surface area contributed by atoms with Crippen LogP contribution < -0.4 is 5.43 Å². The van der Waals surface area contributed by atoms with E-state index in [0.29, 0.717) is 11.3 Å². The molecule has 0 fully saturated rings. The number of anilines is 1. The zero-order valence-corrected chi connectivity index (χ0v) is 10.3. The number of pyridine rings is 1. The summed E-state index contributed by atoms with van der Waals surface area (Å²) in [6.45, 7) is 1.56. The second-order valence-corrected chi connectivity index (χ2v) is 3.89. The maximum Gasteiger partial charge on any atom is 0.186 e. The summed E-state index contributed by atoms with van der Waals surface area (Å²) in [5.74, 6) is -6.06. The monoisotopic (exact) mass is 283 g/mol. The summed E-state index contributed by atoms with van der Waals surface area (Å²) in [6.07, 6.45) is 3.02. The van der Waals surface area contributed by atoms with Crippen LogP contribution in [0.3, 0.4) is 0 Å². The van der Waals surface area contributed by atoms with Crippen LogP contribution in [0.25, 0.3) is 0 Å². The zero-order valence-electron chi connectivity index (χ0n) is 10.3. The molecule has 2 rings (SSSR count). The number of aromatic nitrogens is 1. The minimum atomic E-state index is -1.53. The highest BCUT2D eigenvalue weighted by Gasteiger charge is 2.18. The Labute approximate surface area is 112 Å². The number of benzene rings is 1. The fourth-order valence-electron chi connectivity index (χ4n) is 1.47. The number of hydrogen-bond acceptors (Lipinski definition) is 3. The Morgan fingerprint density at radius 3 is 2.15 bits per heavy atom. The van der Waals surface area contributed by atoms with Crippen molar-refractivity contribution in [2.24, 2.45) is 5.10 Å². The third-order valence-electron chi connectivity index (χ3n) is 2.55. The van der Waals surface area contributed by atoms with Gasteiger partial charge in [-0.3, -0.25) is 10.4 Å². The predicted octanol–water partition coefficient (Wildman–Crippen LogP) is 3.47. The molecule has 1 heterocycles. The molecule has 0 unspecified atom stereocenters. The number of hydrogen-bond donors (Lipinski definition) is 1. The molecule has 1 N–H and O–H groups in total. The molecule has 0 aliphatic carbocycles. The molecule has 0 radical (unpaired) electrons. The number of hydrazone groups is 1. The summed E-state index contributed by atoms with van der Waals surface area (Å²) >= 11 is 0. The average Bonchev–Trinajstić information content (AvgIpc) is 2.46. The van der Waals surface area contributed by atoms with Gasteiger partial charge < -0.3 is 0 Å². The normalized spacial score (nSPS) is 11.6. The maximum atomic E-state index is 13.4. The van der Waals surface area contributed by atoms with Gasteiger partial charge in [0, 0.05) is 24.0 Å². The van der Waals surface area contributed by atoms with Crippen LogP contribution in [0.5, 0.6) is 0 Å². The van der Waals surface area contributed by atoms with Crippen molar-refractivity contribution in [1.82, 2.24) is 4.98 Å². The largest absolute Gasteiger partial charge is 0.272 e. The highest BCUT2D eigenvalue weighted by Crippen LogP contribution is 2.24. The Morgan fingerprint density at radius 2 is 1.60 bits per heavy atom. The molecule has 0 saturated carbocycles. The molecule has 0 spiro atoms. The van der Waals surface area contributed by atoms with Gasteiger partial charge in [0.1, 0.15) is 5.69 Å². The standard InChI is InChI=1S/C13H9F4N3/c1-7(8-2-4-18-5-3-8)19-20-13-11(16)9(14)6-10(15)12(13)17/h2-6,20H,1H3/b19-7-. The predicted molar refractivity (Wildman–Crippen MR) is 66.3 cm³/mol. The minimum Gasteiger partial charge on any atom is -0.272 e. The third kappa shape index (κ3) is 2.76. The Hall–Kier alpha value is -2.44. The van der Waals surface area contributed by atoms with Gasteiger partial charge in [-0.1, -0.05) is 0 Å². The van der Waals surface area contributed by atoms with E-state index in [4.69, 9.17) is 0 Å². The first-order valence-corrected chi connectivity index (χ1v) is 5.54. The summed E-state index contributed by atoms with van der Waals surface area (Å²) < 4.78 is 52.7. The maximum absolute atomic E-state index is 13.4. The Kier molecular flexibility index (Phi) is 3.97. The van der Waals surface area contributed by atoms with Crippen molar-refractivity contribution in [3.63, 3.8) is 0 Å². The third-order valence-corrected chi connectivity index (χ3v) is 2.55. The number of nitrogens with zero attached hydrogens (tertiary/aromatic N) is 2. The van der Waals surface area contributed by atoms with Crippen LogP contribution in [0, 0.1) is 23.3 Å². The molecule has 0 atom stereocenters. The Morgan fingerprint density at radius 1 is 1.05 bits per heavy atom. The fourth-order valence-corrected chi connectivity index (χ4v) is 1.47. The Balaban J connectivity index is 2.32. The molecule has 0 amide bonds. The second kappa shape index (κ2) is 5.68. The van der Waals surface area contributed by atoms with Gasteiger partial charge in [0.2, 0.25) is 0 Å². The molecule has 0 bridgehead atoms. The first kappa shape index (κ1) is 14.0. The van der Waals surface area contributed by atoms with Gasteiger partial charge in [-0.2, -0.15) is 5.10 Å². The first-order chi connectivity index (χ1) is 9.50. The molecule has 0 saturated heterocycles. The molecule has 104 valence electrons. The second-order valence-electron chi connectivity index (χ2n) is 3.89. The number of nitrogens with one attached hydrogen (secondary N) is 1. The van der Waals surface area contributed by atoms with E-state index in [1.807, 2.05) is 5.43 Å². The smallest absolute Gasteiger partial charge is 0.186 e. The summed E-state index contributed by atoms with van der Waals surface area (Å²) in [6, 6.07) is 3.38. The average molecular weight is 283 g/mol. The fraction of sp³-hybridized carbons (Fsp3) is 0.0769. The number of halogens is 4. The molecule has 3 nitrogen and oxygen atoms in total. The van der Waals surface area contributed by atoms with Gasteiger partial charge in [-0.15, -0.1) is 0 Å². The van der Waals surface area contributed by atoms with Crippen molar-refractivity contribution in [3.8, 4) is 0 Å². The molecule has 1 aromatic heterocycles. The highest BCUT2D eigenvalue weighted by molar-refractivity contribution is 5.98. The van der Waals surface area contributed by atoms with E-state index in [1.165, 1.54) is 12.4 Å². The van der Waals surface area contributed by atoms with Crippen LogP contribution in [-0.2, 0) is 0 Å². The highest BCUT2D eigenvalue weighted by atomic mass is 19.2. The minimum absolute atomic E-state index is 0.134. The molecular formula is C13H9F4N3. The van der Waals surface area contributed by atoms with E-state index in [1.54, 1.807) is 19.1 Å². The SMILES string of the molecule is C/C(=N/Nc1c(F)c(F)cc(F)c1F)c1ccncc1. The van der Waals surface area contributed by atoms with E-state index < -0.39 is 29.0 Å². The van der Waals surface area contributed by atoms with Gasteiger partial charge in [0.05, 0.1) is 5.71 Å². The van der Waals surface area contributed by atoms with Crippen molar-refractivity contribution in [1.29, 1.82) is 0 Å². The molecule has 0 aliphatic rings. The molecule has 0 aliphatic heterocycles. The summed E-state index contributed by atoms with van der Waals surface area (Å²) in [7, 11) is 0. The van der Waals surface area contributed by atoms with Gasteiger partial charge >= 0.3 is 0 Å². The topological polar surface area (TPSA) is 37.3 Å². The van der Waals surface area contributed by atoms with Crippen molar-refractivity contribution >= 4 is 11.4 Å². The van der Waals surface area contributed by atoms with E-state index in [9.17, 15) is 17.6 Å². The molecular weight excluding hydrogens is 274 g/mol. The van der Waals surface area contributed by atoms with Crippen LogP contribution in [0.1, 0.15) is 12.5 Å². The van der Waals surface area contributed by atoms with E-state index in [-0.39, 0.29) is 6.07 Å². The first-order valence-electron chi connectivity index (χ1n) is 5.54. The lowest BCUT2D eigenvalue weighted by molar-refractivity contribution is 0.458. The van der Waals surface area contributed by atoms with Crippen molar-refractivity contribution in [2.45, 2.75) is 6.92 Å². The molecule has 7 heteroatoms. The van der Waals surface area contributed by atoms with Crippen molar-refractivity contribution < 1.29 is 17.6 Å². The molecule has 1 aromatic carbocycles. The van der Waals surface area contributed by atoms with Gasteiger partial charge in [0.25, 0.3) is 0 Å². The Bertz CT molecular complexity index is 630. The quantitative estimate of drug-likeness (QED) is 0.405. The summed E-state index contributed by atoms with van der Waals surface area (Å²) in [4.78, 5) is 3.80. The van der Waals surface area contributed by atoms with Crippen molar-refractivity contribution in [3.05, 3.63) is 59.4 Å². The lowest BCUT2D eigenvalue weighted by Gasteiger charge is -2.07. The lowest BCUT2D eigenvalue weighted by Crippen LogP contribution is -2.05. The van der Waals surface area contributed by atoms with Crippen LogP contribution in [0.2, 0.25) is 0 Å². The molecule has 2 aromatic rings. The van der Waals surface area contributed by atoms with Crippen LogP contribution in [0.4, 0.5) is 23.2 Å². The summed E-state index contributed by atoms with van der Waals surface area (Å²) in [5.41, 5.74) is 2.04. The zero-order chi connectivity index (χ0) is 14.7. The van der Waals surface area contributed by atoms with E-state index in [0.717, 1.165) is 0 Å². The van der Waals surface area contributed by atoms with Gasteiger partial charge in [-0.25, -0.2) is 17.6 Å². The van der Waals surface area contributed by atoms with Crippen LogP contribution >= 0.6 is 0 Å². The summed E-state index contributed by atoms with van der Waals surface area (Å²) in [5, 5.41) is 3.69.